The normalized spacial score (nSPS) is 10.5. The van der Waals surface area contributed by atoms with Gasteiger partial charge in [0, 0.05) is 11.1 Å². The molecule has 0 aliphatic heterocycles. The third-order valence-corrected chi connectivity index (χ3v) is 3.40. The number of nitrogens with one attached hydrogen (secondary N) is 1. The molecule has 0 radical (unpaired) electrons. The molecule has 1 aromatic heterocycles. The number of carbonyl (C=O) groups excluding carboxylic acids is 1. The Balaban J connectivity index is 1.89. The average Bonchev–Trinajstić information content (AvgIpc) is 2.47. The van der Waals surface area contributed by atoms with Gasteiger partial charge in [-0.05, 0) is 30.3 Å². The first-order chi connectivity index (χ1) is 10.1. The van der Waals surface area contributed by atoms with Gasteiger partial charge in [-0.1, -0.05) is 29.8 Å². The van der Waals surface area contributed by atoms with E-state index in [-0.39, 0.29) is 5.91 Å². The maximum atomic E-state index is 12.2. The molecule has 0 aliphatic carbocycles. The van der Waals surface area contributed by atoms with Gasteiger partial charge in [-0.3, -0.25) is 9.78 Å². The van der Waals surface area contributed by atoms with Gasteiger partial charge in [0.05, 0.1) is 28.0 Å². The van der Waals surface area contributed by atoms with E-state index >= 15 is 0 Å². The standard InChI is InChI=1S/C16H12ClN3O/c17-14-8-11(18)5-6-13(14)16(21)20-12-7-10-3-1-2-4-15(10)19-9-12/h1-9H,18H2,(H,20,21). The van der Waals surface area contributed by atoms with Crippen LogP contribution in [0.1, 0.15) is 10.4 Å². The van der Waals surface area contributed by atoms with Crippen molar-refractivity contribution in [1.82, 2.24) is 4.98 Å². The van der Waals surface area contributed by atoms with Crippen molar-refractivity contribution < 1.29 is 4.79 Å². The molecule has 0 fully saturated rings. The molecule has 3 rings (SSSR count). The average molecular weight is 298 g/mol. The van der Waals surface area contributed by atoms with E-state index in [0.29, 0.717) is 22.0 Å². The summed E-state index contributed by atoms with van der Waals surface area (Å²) in [4.78, 5) is 16.5. The van der Waals surface area contributed by atoms with E-state index in [9.17, 15) is 4.79 Å². The Morgan fingerprint density at radius 3 is 2.76 bits per heavy atom. The zero-order valence-corrected chi connectivity index (χ0v) is 11.8. The van der Waals surface area contributed by atoms with Gasteiger partial charge < -0.3 is 11.1 Å². The van der Waals surface area contributed by atoms with Gasteiger partial charge in [-0.25, -0.2) is 0 Å². The number of nitrogens with two attached hydrogens (primary N) is 1. The number of para-hydroxylation sites is 1. The fourth-order valence-electron chi connectivity index (χ4n) is 2.05. The number of hydrogen-bond donors (Lipinski definition) is 2. The number of anilines is 2. The van der Waals surface area contributed by atoms with Crippen molar-refractivity contribution in [2.45, 2.75) is 0 Å². The van der Waals surface area contributed by atoms with Crippen molar-refractivity contribution >= 4 is 39.8 Å². The molecular weight excluding hydrogens is 286 g/mol. The van der Waals surface area contributed by atoms with Crippen molar-refractivity contribution in [3.05, 3.63) is 65.3 Å². The van der Waals surface area contributed by atoms with Crippen LogP contribution in [0.4, 0.5) is 11.4 Å². The number of amides is 1. The Bertz CT molecular complexity index is 833. The van der Waals surface area contributed by atoms with E-state index in [1.54, 1.807) is 24.4 Å². The van der Waals surface area contributed by atoms with Gasteiger partial charge in [-0.2, -0.15) is 0 Å². The first-order valence-electron chi connectivity index (χ1n) is 6.34. The van der Waals surface area contributed by atoms with Crippen molar-refractivity contribution in [3.63, 3.8) is 0 Å². The fourth-order valence-corrected chi connectivity index (χ4v) is 2.33. The zero-order chi connectivity index (χ0) is 14.8. The van der Waals surface area contributed by atoms with Crippen LogP contribution < -0.4 is 11.1 Å². The number of fused-ring (bicyclic) bond motifs is 1. The number of nitrogens with zero attached hydrogens (tertiary/aromatic N) is 1. The van der Waals surface area contributed by atoms with Crippen LogP contribution in [-0.2, 0) is 0 Å². The predicted molar refractivity (Wildman–Crippen MR) is 85.6 cm³/mol. The second kappa shape index (κ2) is 5.42. The molecule has 1 heterocycles. The van der Waals surface area contributed by atoms with Crippen LogP contribution in [0.3, 0.4) is 0 Å². The number of pyridine rings is 1. The summed E-state index contributed by atoms with van der Waals surface area (Å²) in [5, 5.41) is 4.06. The monoisotopic (exact) mass is 297 g/mol. The molecular formula is C16H12ClN3O. The van der Waals surface area contributed by atoms with Crippen LogP contribution in [0.15, 0.2) is 54.7 Å². The van der Waals surface area contributed by atoms with Crippen LogP contribution >= 0.6 is 11.6 Å². The minimum absolute atomic E-state index is 0.294. The fraction of sp³-hybridized carbons (Fsp3) is 0. The number of carbonyl (C=O) groups is 1. The lowest BCUT2D eigenvalue weighted by Crippen LogP contribution is -2.12. The molecule has 0 saturated heterocycles. The van der Waals surface area contributed by atoms with Crippen molar-refractivity contribution in [2.24, 2.45) is 0 Å². The largest absolute Gasteiger partial charge is 0.399 e. The van der Waals surface area contributed by atoms with E-state index in [0.717, 1.165) is 10.9 Å². The highest BCUT2D eigenvalue weighted by Gasteiger charge is 2.11. The molecule has 0 aliphatic rings. The van der Waals surface area contributed by atoms with Gasteiger partial charge in [0.1, 0.15) is 0 Å². The number of benzene rings is 2. The van der Waals surface area contributed by atoms with Crippen LogP contribution in [0, 0.1) is 0 Å². The second-order valence-electron chi connectivity index (χ2n) is 4.61. The van der Waals surface area contributed by atoms with E-state index < -0.39 is 0 Å². The number of hydrogen-bond acceptors (Lipinski definition) is 3. The molecule has 0 unspecified atom stereocenters. The van der Waals surface area contributed by atoms with Gasteiger partial charge in [0.2, 0.25) is 0 Å². The Morgan fingerprint density at radius 2 is 1.95 bits per heavy atom. The minimum atomic E-state index is -0.294. The van der Waals surface area contributed by atoms with Crippen molar-refractivity contribution in [1.29, 1.82) is 0 Å². The van der Waals surface area contributed by atoms with Crippen LogP contribution in [0.5, 0.6) is 0 Å². The second-order valence-corrected chi connectivity index (χ2v) is 5.02. The lowest BCUT2D eigenvalue weighted by molar-refractivity contribution is 0.102. The lowest BCUT2D eigenvalue weighted by atomic mass is 10.1. The molecule has 3 aromatic rings. The number of rotatable bonds is 2. The topological polar surface area (TPSA) is 68.0 Å². The third kappa shape index (κ3) is 2.80. The van der Waals surface area contributed by atoms with Crippen LogP contribution in [-0.4, -0.2) is 10.9 Å². The zero-order valence-electron chi connectivity index (χ0n) is 11.0. The first kappa shape index (κ1) is 13.4. The van der Waals surface area contributed by atoms with E-state index in [4.69, 9.17) is 17.3 Å². The van der Waals surface area contributed by atoms with Gasteiger partial charge in [0.25, 0.3) is 5.91 Å². The SMILES string of the molecule is Nc1ccc(C(=O)Nc2cnc3ccccc3c2)c(Cl)c1. The first-order valence-corrected chi connectivity index (χ1v) is 6.72. The van der Waals surface area contributed by atoms with Gasteiger partial charge in [0.15, 0.2) is 0 Å². The Morgan fingerprint density at radius 1 is 1.14 bits per heavy atom. The highest BCUT2D eigenvalue weighted by Crippen LogP contribution is 2.21. The predicted octanol–water partition coefficient (Wildman–Crippen LogP) is 3.72. The summed E-state index contributed by atoms with van der Waals surface area (Å²) in [5.74, 6) is -0.294. The summed E-state index contributed by atoms with van der Waals surface area (Å²) in [7, 11) is 0. The smallest absolute Gasteiger partial charge is 0.257 e. The third-order valence-electron chi connectivity index (χ3n) is 3.09. The molecule has 1 amide bonds. The maximum Gasteiger partial charge on any atom is 0.257 e. The highest BCUT2D eigenvalue weighted by molar-refractivity contribution is 6.34. The number of halogens is 1. The van der Waals surface area contributed by atoms with Gasteiger partial charge >= 0.3 is 0 Å². The summed E-state index contributed by atoms with van der Waals surface area (Å²) in [6.45, 7) is 0. The molecule has 3 N–H and O–H groups in total. The molecule has 4 nitrogen and oxygen atoms in total. The molecule has 0 bridgehead atoms. The maximum absolute atomic E-state index is 12.2. The Kier molecular flexibility index (Phi) is 3.46. The molecule has 0 spiro atoms. The number of aromatic nitrogens is 1. The van der Waals surface area contributed by atoms with E-state index in [2.05, 4.69) is 10.3 Å². The summed E-state index contributed by atoms with van der Waals surface area (Å²) >= 11 is 6.03. The van der Waals surface area contributed by atoms with E-state index in [1.807, 2.05) is 30.3 Å². The number of nitrogen functional groups attached to an aromatic ring is 1. The highest BCUT2D eigenvalue weighted by atomic mass is 35.5. The van der Waals surface area contributed by atoms with Crippen molar-refractivity contribution in [3.8, 4) is 0 Å². The lowest BCUT2D eigenvalue weighted by Gasteiger charge is -2.08. The summed E-state index contributed by atoms with van der Waals surface area (Å²) in [6.07, 6.45) is 1.62. The van der Waals surface area contributed by atoms with Crippen LogP contribution in [0.2, 0.25) is 5.02 Å². The summed E-state index contributed by atoms with van der Waals surface area (Å²) in [5.41, 5.74) is 8.00. The summed E-state index contributed by atoms with van der Waals surface area (Å²) < 4.78 is 0. The molecule has 0 saturated carbocycles. The van der Waals surface area contributed by atoms with Crippen LogP contribution in [0.25, 0.3) is 10.9 Å². The molecule has 104 valence electrons. The molecule has 0 atom stereocenters. The minimum Gasteiger partial charge on any atom is -0.399 e. The summed E-state index contributed by atoms with van der Waals surface area (Å²) in [6, 6.07) is 14.3. The van der Waals surface area contributed by atoms with Crippen molar-refractivity contribution in [2.75, 3.05) is 11.1 Å². The molecule has 21 heavy (non-hydrogen) atoms. The Labute approximate surface area is 126 Å². The van der Waals surface area contributed by atoms with Gasteiger partial charge in [-0.15, -0.1) is 0 Å². The molecule has 5 heteroatoms. The molecule has 2 aromatic carbocycles. The quantitative estimate of drug-likeness (QED) is 0.708. The Hall–Kier alpha value is -2.59. The van der Waals surface area contributed by atoms with E-state index in [1.165, 1.54) is 0 Å².